The second-order valence-electron chi connectivity index (χ2n) is 5.66. The summed E-state index contributed by atoms with van der Waals surface area (Å²) in [6.07, 6.45) is 2.11. The van der Waals surface area contributed by atoms with E-state index < -0.39 is 5.91 Å². The van der Waals surface area contributed by atoms with Crippen molar-refractivity contribution in [2.75, 3.05) is 25.5 Å². The molecule has 0 bridgehead atoms. The third-order valence-electron chi connectivity index (χ3n) is 3.72. The van der Waals surface area contributed by atoms with Gasteiger partial charge in [-0.2, -0.15) is 0 Å². The minimum absolute atomic E-state index is 0.0878. The highest BCUT2D eigenvalue weighted by molar-refractivity contribution is 6.03. The van der Waals surface area contributed by atoms with Crippen molar-refractivity contribution in [3.63, 3.8) is 0 Å². The molecule has 0 spiro atoms. The fraction of sp³-hybridized carbons (Fsp3) is 0.222. The molecular formula is C18H19N5O5. The number of carbonyl (C=O) groups excluding carboxylic acids is 2. The van der Waals surface area contributed by atoms with Gasteiger partial charge in [0.25, 0.3) is 11.8 Å². The average Bonchev–Trinajstić information content (AvgIpc) is 3.39. The molecule has 0 fully saturated rings. The monoisotopic (exact) mass is 385 g/mol. The van der Waals surface area contributed by atoms with Crippen LogP contribution in [0.3, 0.4) is 0 Å². The molecule has 4 N–H and O–H groups in total. The van der Waals surface area contributed by atoms with E-state index in [1.54, 1.807) is 24.3 Å². The Bertz CT molecular complexity index is 951. The predicted molar refractivity (Wildman–Crippen MR) is 99.0 cm³/mol. The highest BCUT2D eigenvalue weighted by atomic mass is 16.5. The molecule has 3 aromatic rings. The van der Waals surface area contributed by atoms with Gasteiger partial charge in [0, 0.05) is 12.2 Å². The molecule has 28 heavy (non-hydrogen) atoms. The quantitative estimate of drug-likeness (QED) is 0.496. The van der Waals surface area contributed by atoms with Crippen LogP contribution >= 0.6 is 0 Å². The summed E-state index contributed by atoms with van der Waals surface area (Å²) in [7, 11) is 1.46. The number of anilines is 1. The standard InChI is InChI=1S/C18H19N5O5/c1-26-13-6-5-11(10-12(13)15(24)20-8-3-7-19)21-16(25)18-23-22-17(28-18)14-4-2-9-27-14/h2,4-6,9-10H,3,7-8,19H2,1H3,(H,20,24)(H,21,25). The number of nitrogens with two attached hydrogens (primary N) is 1. The van der Waals surface area contributed by atoms with Gasteiger partial charge in [0.05, 0.1) is 18.9 Å². The SMILES string of the molecule is COc1ccc(NC(=O)c2nnc(-c3ccco3)o2)cc1C(=O)NCCCN. The zero-order chi connectivity index (χ0) is 19.9. The number of furan rings is 1. The van der Waals surface area contributed by atoms with Gasteiger partial charge in [0.2, 0.25) is 0 Å². The Morgan fingerprint density at radius 3 is 2.79 bits per heavy atom. The van der Waals surface area contributed by atoms with Gasteiger partial charge < -0.3 is 29.9 Å². The lowest BCUT2D eigenvalue weighted by atomic mass is 10.1. The van der Waals surface area contributed by atoms with Crippen molar-refractivity contribution in [1.29, 1.82) is 0 Å². The molecule has 0 aliphatic rings. The molecule has 0 saturated carbocycles. The van der Waals surface area contributed by atoms with E-state index in [1.165, 1.54) is 19.4 Å². The van der Waals surface area contributed by atoms with Gasteiger partial charge in [-0.3, -0.25) is 9.59 Å². The van der Waals surface area contributed by atoms with E-state index in [0.717, 1.165) is 0 Å². The van der Waals surface area contributed by atoms with Crippen molar-refractivity contribution in [1.82, 2.24) is 15.5 Å². The minimum Gasteiger partial charge on any atom is -0.496 e. The molecule has 10 heteroatoms. The summed E-state index contributed by atoms with van der Waals surface area (Å²) in [5.74, 6) is -0.376. The lowest BCUT2D eigenvalue weighted by Gasteiger charge is -2.11. The molecule has 3 rings (SSSR count). The number of carbonyl (C=O) groups is 2. The van der Waals surface area contributed by atoms with Crippen molar-refractivity contribution >= 4 is 17.5 Å². The maximum atomic E-state index is 12.4. The Balaban J connectivity index is 1.74. The average molecular weight is 385 g/mol. The summed E-state index contributed by atoms with van der Waals surface area (Å²) in [6.45, 7) is 0.907. The van der Waals surface area contributed by atoms with Gasteiger partial charge in [0.15, 0.2) is 5.76 Å². The topological polar surface area (TPSA) is 146 Å². The molecule has 2 amide bonds. The fourth-order valence-corrected chi connectivity index (χ4v) is 2.36. The first kappa shape index (κ1) is 19.1. The van der Waals surface area contributed by atoms with Crippen molar-refractivity contribution in [3.8, 4) is 17.4 Å². The highest BCUT2D eigenvalue weighted by Gasteiger charge is 2.19. The number of hydrogen-bond acceptors (Lipinski definition) is 8. The lowest BCUT2D eigenvalue weighted by molar-refractivity contribution is 0.0948. The molecule has 10 nitrogen and oxygen atoms in total. The zero-order valence-electron chi connectivity index (χ0n) is 15.1. The molecule has 0 saturated heterocycles. The van der Waals surface area contributed by atoms with Crippen molar-refractivity contribution < 1.29 is 23.2 Å². The van der Waals surface area contributed by atoms with Crippen LogP contribution in [-0.4, -0.2) is 42.2 Å². The van der Waals surface area contributed by atoms with E-state index in [-0.39, 0.29) is 23.3 Å². The van der Waals surface area contributed by atoms with Gasteiger partial charge >= 0.3 is 11.8 Å². The molecule has 2 heterocycles. The van der Waals surface area contributed by atoms with Gasteiger partial charge in [-0.25, -0.2) is 0 Å². The number of rotatable bonds is 8. The number of ether oxygens (including phenoxy) is 1. The van der Waals surface area contributed by atoms with Crippen LogP contribution in [0.1, 0.15) is 27.5 Å². The Hall–Kier alpha value is -3.66. The summed E-state index contributed by atoms with van der Waals surface area (Å²) < 4.78 is 15.7. The third kappa shape index (κ3) is 4.35. The van der Waals surface area contributed by atoms with Crippen LogP contribution < -0.4 is 21.1 Å². The molecule has 0 aliphatic heterocycles. The van der Waals surface area contributed by atoms with E-state index in [4.69, 9.17) is 19.3 Å². The summed E-state index contributed by atoms with van der Waals surface area (Å²) in [5, 5.41) is 12.8. The fourth-order valence-electron chi connectivity index (χ4n) is 2.36. The molecule has 0 radical (unpaired) electrons. The van der Waals surface area contributed by atoms with Crippen LogP contribution in [0, 0.1) is 0 Å². The smallest absolute Gasteiger partial charge is 0.313 e. The van der Waals surface area contributed by atoms with Crippen LogP contribution in [0.2, 0.25) is 0 Å². The van der Waals surface area contributed by atoms with E-state index in [9.17, 15) is 9.59 Å². The van der Waals surface area contributed by atoms with E-state index in [0.29, 0.717) is 36.7 Å². The summed E-state index contributed by atoms with van der Waals surface area (Å²) in [5.41, 5.74) is 6.07. The Morgan fingerprint density at radius 1 is 1.21 bits per heavy atom. The van der Waals surface area contributed by atoms with Crippen LogP contribution in [0.5, 0.6) is 5.75 Å². The number of nitrogens with one attached hydrogen (secondary N) is 2. The number of nitrogens with zero attached hydrogens (tertiary/aromatic N) is 2. The van der Waals surface area contributed by atoms with Crippen LogP contribution in [0.25, 0.3) is 11.7 Å². The minimum atomic E-state index is -0.620. The maximum Gasteiger partial charge on any atom is 0.313 e. The Labute approximate surface area is 160 Å². The normalized spacial score (nSPS) is 10.5. The molecule has 146 valence electrons. The molecular weight excluding hydrogens is 366 g/mol. The molecule has 0 atom stereocenters. The molecule has 2 aromatic heterocycles. The third-order valence-corrected chi connectivity index (χ3v) is 3.72. The maximum absolute atomic E-state index is 12.4. The predicted octanol–water partition coefficient (Wildman–Crippen LogP) is 1.67. The lowest BCUT2D eigenvalue weighted by Crippen LogP contribution is -2.26. The van der Waals surface area contributed by atoms with E-state index in [1.807, 2.05) is 0 Å². The number of methoxy groups -OCH3 is 1. The summed E-state index contributed by atoms with van der Waals surface area (Å²) >= 11 is 0. The van der Waals surface area contributed by atoms with Crippen molar-refractivity contribution in [2.45, 2.75) is 6.42 Å². The molecule has 0 aliphatic carbocycles. The van der Waals surface area contributed by atoms with Crippen LogP contribution in [0.4, 0.5) is 5.69 Å². The first-order valence-electron chi connectivity index (χ1n) is 8.47. The van der Waals surface area contributed by atoms with E-state index in [2.05, 4.69) is 20.8 Å². The first-order chi connectivity index (χ1) is 13.6. The van der Waals surface area contributed by atoms with Crippen molar-refractivity contribution in [3.05, 3.63) is 48.0 Å². The number of benzene rings is 1. The van der Waals surface area contributed by atoms with Gasteiger partial charge in [-0.1, -0.05) is 0 Å². The van der Waals surface area contributed by atoms with Crippen LogP contribution in [-0.2, 0) is 0 Å². The van der Waals surface area contributed by atoms with Crippen molar-refractivity contribution in [2.24, 2.45) is 5.73 Å². The Morgan fingerprint density at radius 2 is 2.07 bits per heavy atom. The van der Waals surface area contributed by atoms with Crippen LogP contribution in [0.15, 0.2) is 45.4 Å². The van der Waals surface area contributed by atoms with Gasteiger partial charge in [-0.05, 0) is 43.3 Å². The highest BCUT2D eigenvalue weighted by Crippen LogP contribution is 2.23. The zero-order valence-corrected chi connectivity index (χ0v) is 15.1. The largest absolute Gasteiger partial charge is 0.496 e. The summed E-state index contributed by atoms with van der Waals surface area (Å²) in [6, 6.07) is 7.97. The van der Waals surface area contributed by atoms with Gasteiger partial charge in [-0.15, -0.1) is 10.2 Å². The summed E-state index contributed by atoms with van der Waals surface area (Å²) in [4.78, 5) is 24.7. The Kier molecular flexibility index (Phi) is 6.02. The first-order valence-corrected chi connectivity index (χ1v) is 8.47. The number of aromatic nitrogens is 2. The number of amides is 2. The second-order valence-corrected chi connectivity index (χ2v) is 5.66. The molecule has 1 aromatic carbocycles. The van der Waals surface area contributed by atoms with Gasteiger partial charge in [0.1, 0.15) is 5.75 Å². The molecule has 0 unspecified atom stereocenters. The van der Waals surface area contributed by atoms with E-state index >= 15 is 0 Å². The second kappa shape index (κ2) is 8.82. The number of hydrogen-bond donors (Lipinski definition) is 3.